The van der Waals surface area contributed by atoms with Gasteiger partial charge in [-0.15, -0.1) is 11.3 Å². The maximum absolute atomic E-state index is 12.6. The highest BCUT2D eigenvalue weighted by Gasteiger charge is 2.22. The van der Waals surface area contributed by atoms with Crippen LogP contribution in [0.1, 0.15) is 15.2 Å². The van der Waals surface area contributed by atoms with E-state index < -0.39 is 15.9 Å². The fourth-order valence-corrected chi connectivity index (χ4v) is 3.62. The molecule has 0 saturated heterocycles. The fraction of sp³-hybridized carbons (Fsp3) is 0.333. The molecule has 130 valence electrons. The zero-order chi connectivity index (χ0) is 18.1. The van der Waals surface area contributed by atoms with Crippen LogP contribution in [0.3, 0.4) is 0 Å². The molecular weight excluding hydrogens is 348 g/mol. The Morgan fingerprint density at radius 3 is 2.38 bits per heavy atom. The first-order valence-electron chi connectivity index (χ1n) is 7.10. The highest BCUT2D eigenvalue weighted by atomic mass is 32.2. The first kappa shape index (κ1) is 18.4. The molecule has 1 N–H and O–H groups in total. The molecule has 0 aliphatic carbocycles. The SMILES string of the molecule is Cc1cnc(NC(=O)c2cc(S(=O)(=O)N(C)C)ccc2N(C)C)s1. The van der Waals surface area contributed by atoms with E-state index in [1.54, 1.807) is 31.3 Å². The van der Waals surface area contributed by atoms with E-state index in [0.717, 1.165) is 9.18 Å². The number of rotatable bonds is 5. The largest absolute Gasteiger partial charge is 0.377 e. The fourth-order valence-electron chi connectivity index (χ4n) is 2.04. The summed E-state index contributed by atoms with van der Waals surface area (Å²) < 4.78 is 25.8. The lowest BCUT2D eigenvalue weighted by Gasteiger charge is -2.19. The molecule has 9 heteroatoms. The summed E-state index contributed by atoms with van der Waals surface area (Å²) in [7, 11) is 2.86. The van der Waals surface area contributed by atoms with Crippen molar-refractivity contribution >= 4 is 38.1 Å². The second-order valence-corrected chi connectivity index (χ2v) is 8.98. The molecule has 0 unspecified atom stereocenters. The molecule has 0 radical (unpaired) electrons. The van der Waals surface area contributed by atoms with E-state index in [1.165, 1.54) is 37.6 Å². The third kappa shape index (κ3) is 3.74. The summed E-state index contributed by atoms with van der Waals surface area (Å²) in [6, 6.07) is 4.51. The van der Waals surface area contributed by atoms with Gasteiger partial charge in [-0.25, -0.2) is 17.7 Å². The number of nitrogens with one attached hydrogen (secondary N) is 1. The molecule has 24 heavy (non-hydrogen) atoms. The molecule has 2 rings (SSSR count). The summed E-state index contributed by atoms with van der Waals surface area (Å²) in [4.78, 5) is 19.5. The zero-order valence-electron chi connectivity index (χ0n) is 14.2. The second-order valence-electron chi connectivity index (χ2n) is 5.59. The lowest BCUT2D eigenvalue weighted by Crippen LogP contribution is -2.24. The Bertz CT molecular complexity index is 857. The monoisotopic (exact) mass is 368 g/mol. The number of amides is 1. The smallest absolute Gasteiger partial charge is 0.259 e. The van der Waals surface area contributed by atoms with Crippen LogP contribution in [-0.2, 0) is 10.0 Å². The van der Waals surface area contributed by atoms with Gasteiger partial charge in [0, 0.05) is 45.0 Å². The quantitative estimate of drug-likeness (QED) is 0.873. The summed E-state index contributed by atoms with van der Waals surface area (Å²) in [6.45, 7) is 1.89. The van der Waals surface area contributed by atoms with Crippen LogP contribution < -0.4 is 10.2 Å². The standard InChI is InChI=1S/C15H20N4O3S2/c1-10-9-16-15(23-10)17-14(20)12-8-11(24(21,22)19(4)5)6-7-13(12)18(2)3/h6-9H,1-5H3,(H,16,17,20). The molecule has 0 fully saturated rings. The van der Waals surface area contributed by atoms with E-state index in [2.05, 4.69) is 10.3 Å². The molecular formula is C15H20N4O3S2. The van der Waals surface area contributed by atoms with Crippen molar-refractivity contribution in [1.29, 1.82) is 0 Å². The number of anilines is 2. The van der Waals surface area contributed by atoms with E-state index in [1.807, 2.05) is 6.92 Å². The van der Waals surface area contributed by atoms with Crippen LogP contribution in [0.25, 0.3) is 0 Å². The minimum Gasteiger partial charge on any atom is -0.377 e. The number of hydrogen-bond donors (Lipinski definition) is 1. The van der Waals surface area contributed by atoms with E-state index in [9.17, 15) is 13.2 Å². The van der Waals surface area contributed by atoms with Gasteiger partial charge in [0.1, 0.15) is 0 Å². The molecule has 0 aliphatic rings. The maximum Gasteiger partial charge on any atom is 0.259 e. The molecule has 0 aliphatic heterocycles. The van der Waals surface area contributed by atoms with Crippen molar-refractivity contribution in [3.05, 3.63) is 34.8 Å². The van der Waals surface area contributed by atoms with Gasteiger partial charge in [0.25, 0.3) is 5.91 Å². The molecule has 1 aromatic heterocycles. The van der Waals surface area contributed by atoms with Crippen LogP contribution in [0.2, 0.25) is 0 Å². The first-order chi connectivity index (χ1) is 11.1. The van der Waals surface area contributed by atoms with Crippen molar-refractivity contribution in [2.75, 3.05) is 38.4 Å². The minimum absolute atomic E-state index is 0.0681. The van der Waals surface area contributed by atoms with Gasteiger partial charge in [0.2, 0.25) is 10.0 Å². The Hall–Kier alpha value is -1.97. The van der Waals surface area contributed by atoms with Gasteiger partial charge in [0.05, 0.1) is 10.5 Å². The number of sulfonamides is 1. The zero-order valence-corrected chi connectivity index (χ0v) is 15.8. The van der Waals surface area contributed by atoms with Gasteiger partial charge in [-0.3, -0.25) is 10.1 Å². The Morgan fingerprint density at radius 2 is 1.88 bits per heavy atom. The molecule has 1 amide bonds. The number of nitrogens with zero attached hydrogens (tertiary/aromatic N) is 3. The predicted molar refractivity (Wildman–Crippen MR) is 96.4 cm³/mol. The van der Waals surface area contributed by atoms with Crippen LogP contribution in [-0.4, -0.2) is 51.8 Å². The topological polar surface area (TPSA) is 82.6 Å². The lowest BCUT2D eigenvalue weighted by molar-refractivity contribution is 0.102. The van der Waals surface area contributed by atoms with Gasteiger partial charge in [0.15, 0.2) is 5.13 Å². The van der Waals surface area contributed by atoms with Crippen molar-refractivity contribution in [3.63, 3.8) is 0 Å². The van der Waals surface area contributed by atoms with Gasteiger partial charge in [-0.1, -0.05) is 0 Å². The summed E-state index contributed by atoms with van der Waals surface area (Å²) in [5, 5.41) is 3.19. The van der Waals surface area contributed by atoms with E-state index in [4.69, 9.17) is 0 Å². The van der Waals surface area contributed by atoms with E-state index >= 15 is 0 Å². The first-order valence-corrected chi connectivity index (χ1v) is 9.36. The highest BCUT2D eigenvalue weighted by Crippen LogP contribution is 2.26. The highest BCUT2D eigenvalue weighted by molar-refractivity contribution is 7.89. The van der Waals surface area contributed by atoms with Crippen LogP contribution in [0.4, 0.5) is 10.8 Å². The number of carbonyl (C=O) groups is 1. The van der Waals surface area contributed by atoms with Crippen molar-refractivity contribution in [2.45, 2.75) is 11.8 Å². The molecule has 2 aromatic rings. The number of aromatic nitrogens is 1. The predicted octanol–water partition coefficient (Wildman–Crippen LogP) is 2.02. The second kappa shape index (κ2) is 6.88. The molecule has 1 heterocycles. The molecule has 7 nitrogen and oxygen atoms in total. The molecule has 0 atom stereocenters. The average molecular weight is 368 g/mol. The van der Waals surface area contributed by atoms with Crippen molar-refractivity contribution in [3.8, 4) is 0 Å². The van der Waals surface area contributed by atoms with Crippen LogP contribution in [0, 0.1) is 6.92 Å². The Labute approximate surface area is 146 Å². The van der Waals surface area contributed by atoms with Crippen LogP contribution in [0.5, 0.6) is 0 Å². The number of aryl methyl sites for hydroxylation is 1. The van der Waals surface area contributed by atoms with E-state index in [-0.39, 0.29) is 10.5 Å². The average Bonchev–Trinajstić information content (AvgIpc) is 2.91. The van der Waals surface area contributed by atoms with E-state index in [0.29, 0.717) is 10.8 Å². The van der Waals surface area contributed by atoms with Crippen molar-refractivity contribution < 1.29 is 13.2 Å². The molecule has 1 aromatic carbocycles. The number of benzene rings is 1. The Morgan fingerprint density at radius 1 is 1.21 bits per heavy atom. The third-order valence-corrected chi connectivity index (χ3v) is 5.95. The molecule has 0 saturated carbocycles. The Balaban J connectivity index is 2.47. The van der Waals surface area contributed by atoms with Crippen molar-refractivity contribution in [2.24, 2.45) is 0 Å². The van der Waals surface area contributed by atoms with Crippen LogP contribution >= 0.6 is 11.3 Å². The molecule has 0 spiro atoms. The summed E-state index contributed by atoms with van der Waals surface area (Å²) in [5.41, 5.74) is 0.897. The van der Waals surface area contributed by atoms with Gasteiger partial charge >= 0.3 is 0 Å². The Kier molecular flexibility index (Phi) is 5.26. The minimum atomic E-state index is -3.62. The summed E-state index contributed by atoms with van der Waals surface area (Å²) in [6.07, 6.45) is 1.67. The van der Waals surface area contributed by atoms with Crippen LogP contribution in [0.15, 0.2) is 29.3 Å². The normalized spacial score (nSPS) is 11.6. The van der Waals surface area contributed by atoms with Crippen molar-refractivity contribution in [1.82, 2.24) is 9.29 Å². The van der Waals surface area contributed by atoms with Gasteiger partial charge < -0.3 is 4.90 Å². The summed E-state index contributed by atoms with van der Waals surface area (Å²) >= 11 is 1.36. The number of hydrogen-bond acceptors (Lipinski definition) is 6. The third-order valence-electron chi connectivity index (χ3n) is 3.31. The molecule has 0 bridgehead atoms. The van der Waals surface area contributed by atoms with Gasteiger partial charge in [-0.05, 0) is 25.1 Å². The number of carbonyl (C=O) groups excluding carboxylic acids is 1. The maximum atomic E-state index is 12.6. The number of thiazole rings is 1. The summed E-state index contributed by atoms with van der Waals surface area (Å²) in [5.74, 6) is -0.399. The van der Waals surface area contributed by atoms with Gasteiger partial charge in [-0.2, -0.15) is 0 Å². The lowest BCUT2D eigenvalue weighted by atomic mass is 10.1.